The van der Waals surface area contributed by atoms with Gasteiger partial charge in [0.25, 0.3) is 10.0 Å². The molecule has 0 amide bonds. The zero-order chi connectivity index (χ0) is 17.5. The van der Waals surface area contributed by atoms with Gasteiger partial charge in [-0.25, -0.2) is 12.8 Å². The third kappa shape index (κ3) is 3.28. The van der Waals surface area contributed by atoms with Crippen LogP contribution in [0.15, 0.2) is 33.7 Å². The summed E-state index contributed by atoms with van der Waals surface area (Å²) in [6.45, 7) is 3.31. The van der Waals surface area contributed by atoms with Gasteiger partial charge >= 0.3 is 0 Å². The van der Waals surface area contributed by atoms with Gasteiger partial charge in [-0.1, -0.05) is 16.8 Å². The van der Waals surface area contributed by atoms with E-state index in [1.54, 1.807) is 13.8 Å². The Morgan fingerprint density at radius 3 is 2.67 bits per heavy atom. The van der Waals surface area contributed by atoms with Gasteiger partial charge in [-0.15, -0.1) is 11.3 Å². The SMILES string of the molecule is Cc1nc(-c2cc(S(=O)(=O)Nc3ccc(F)cc3Cl)c(C)s2)no1. The maximum Gasteiger partial charge on any atom is 0.263 e. The number of nitrogens with one attached hydrogen (secondary N) is 1. The normalized spacial score (nSPS) is 11.7. The summed E-state index contributed by atoms with van der Waals surface area (Å²) in [5.41, 5.74) is 0.0978. The third-order valence-electron chi connectivity index (χ3n) is 3.09. The molecule has 0 atom stereocenters. The number of aromatic nitrogens is 2. The fraction of sp³-hybridized carbons (Fsp3) is 0.143. The first kappa shape index (κ1) is 16.9. The monoisotopic (exact) mass is 387 g/mol. The summed E-state index contributed by atoms with van der Waals surface area (Å²) in [4.78, 5) is 5.27. The van der Waals surface area contributed by atoms with Crippen molar-refractivity contribution < 1.29 is 17.3 Å². The molecule has 0 spiro atoms. The minimum Gasteiger partial charge on any atom is -0.339 e. The van der Waals surface area contributed by atoms with Gasteiger partial charge in [0, 0.05) is 11.8 Å². The smallest absolute Gasteiger partial charge is 0.263 e. The second kappa shape index (κ2) is 6.15. The quantitative estimate of drug-likeness (QED) is 0.731. The number of halogens is 2. The highest BCUT2D eigenvalue weighted by molar-refractivity contribution is 7.93. The molecule has 0 saturated carbocycles. The lowest BCUT2D eigenvalue weighted by Gasteiger charge is -2.09. The Hall–Kier alpha value is -1.97. The van der Waals surface area contributed by atoms with E-state index in [4.69, 9.17) is 16.1 Å². The van der Waals surface area contributed by atoms with Crippen LogP contribution in [0.1, 0.15) is 10.8 Å². The number of nitrogens with zero attached hydrogens (tertiary/aromatic N) is 2. The largest absolute Gasteiger partial charge is 0.339 e. The lowest BCUT2D eigenvalue weighted by atomic mass is 10.3. The van der Waals surface area contributed by atoms with Gasteiger partial charge in [0.05, 0.1) is 15.6 Å². The molecule has 0 unspecified atom stereocenters. The van der Waals surface area contributed by atoms with Crippen molar-refractivity contribution in [1.82, 2.24) is 10.1 Å². The molecule has 6 nitrogen and oxygen atoms in total. The highest BCUT2D eigenvalue weighted by Gasteiger charge is 2.23. The zero-order valence-corrected chi connectivity index (χ0v) is 14.9. The Balaban J connectivity index is 1.96. The summed E-state index contributed by atoms with van der Waals surface area (Å²) in [5, 5.41) is 3.75. The molecule has 1 aromatic carbocycles. The van der Waals surface area contributed by atoms with E-state index in [9.17, 15) is 12.8 Å². The predicted molar refractivity (Wildman–Crippen MR) is 89.3 cm³/mol. The highest BCUT2D eigenvalue weighted by Crippen LogP contribution is 2.34. The van der Waals surface area contributed by atoms with Crippen molar-refractivity contribution in [3.05, 3.63) is 45.9 Å². The number of benzene rings is 1. The zero-order valence-electron chi connectivity index (χ0n) is 12.5. The summed E-state index contributed by atoms with van der Waals surface area (Å²) in [5.74, 6) is 0.156. The number of sulfonamides is 1. The molecule has 1 N–H and O–H groups in total. The molecule has 126 valence electrons. The Labute approximate surface area is 146 Å². The van der Waals surface area contributed by atoms with Crippen LogP contribution in [0.3, 0.4) is 0 Å². The summed E-state index contributed by atoms with van der Waals surface area (Å²) in [6, 6.07) is 4.88. The highest BCUT2D eigenvalue weighted by atomic mass is 35.5. The van der Waals surface area contributed by atoms with E-state index in [1.807, 2.05) is 0 Å². The van der Waals surface area contributed by atoms with Gasteiger partial charge < -0.3 is 4.52 Å². The maximum atomic E-state index is 13.1. The average Bonchev–Trinajstić information content (AvgIpc) is 3.08. The van der Waals surface area contributed by atoms with Gasteiger partial charge in [0.15, 0.2) is 0 Å². The summed E-state index contributed by atoms with van der Waals surface area (Å²) in [6.07, 6.45) is 0. The van der Waals surface area contributed by atoms with Gasteiger partial charge in [0.1, 0.15) is 10.7 Å². The molecule has 0 aliphatic heterocycles. The Kier molecular flexibility index (Phi) is 4.33. The number of aryl methyl sites for hydroxylation is 2. The van der Waals surface area contributed by atoms with E-state index in [-0.39, 0.29) is 15.6 Å². The molecule has 0 fully saturated rings. The van der Waals surface area contributed by atoms with Crippen LogP contribution in [-0.2, 0) is 10.0 Å². The predicted octanol–water partition coefficient (Wildman–Crippen LogP) is 4.01. The van der Waals surface area contributed by atoms with Crippen molar-refractivity contribution in [3.63, 3.8) is 0 Å². The van der Waals surface area contributed by atoms with Crippen LogP contribution in [-0.4, -0.2) is 18.6 Å². The summed E-state index contributed by atoms with van der Waals surface area (Å²) >= 11 is 7.10. The lowest BCUT2D eigenvalue weighted by Crippen LogP contribution is -2.13. The van der Waals surface area contributed by atoms with E-state index >= 15 is 0 Å². The molecule has 2 heterocycles. The molecular formula is C14H11ClFN3O3S2. The van der Waals surface area contributed by atoms with E-state index in [0.717, 1.165) is 12.1 Å². The van der Waals surface area contributed by atoms with Crippen LogP contribution >= 0.6 is 22.9 Å². The van der Waals surface area contributed by atoms with Crippen LogP contribution in [0, 0.1) is 19.7 Å². The molecule has 24 heavy (non-hydrogen) atoms. The molecule has 0 radical (unpaired) electrons. The molecule has 0 bridgehead atoms. The van der Waals surface area contributed by atoms with Crippen LogP contribution in [0.4, 0.5) is 10.1 Å². The number of rotatable bonds is 4. The minimum absolute atomic E-state index is 0.0273. The van der Waals surface area contributed by atoms with E-state index < -0.39 is 15.8 Å². The maximum absolute atomic E-state index is 13.1. The first-order chi connectivity index (χ1) is 11.3. The number of anilines is 1. The van der Waals surface area contributed by atoms with Crippen molar-refractivity contribution in [3.8, 4) is 10.7 Å². The fourth-order valence-electron chi connectivity index (χ4n) is 2.01. The van der Waals surface area contributed by atoms with Gasteiger partial charge in [-0.3, -0.25) is 4.72 Å². The van der Waals surface area contributed by atoms with E-state index in [1.165, 1.54) is 23.5 Å². The molecule has 0 aliphatic rings. The van der Waals surface area contributed by atoms with Gasteiger partial charge in [-0.2, -0.15) is 4.98 Å². The second-order valence-electron chi connectivity index (χ2n) is 4.90. The van der Waals surface area contributed by atoms with Crippen LogP contribution in [0.5, 0.6) is 0 Å². The second-order valence-corrected chi connectivity index (χ2v) is 8.21. The molecule has 3 aromatic rings. The average molecular weight is 388 g/mol. The van der Waals surface area contributed by atoms with Gasteiger partial charge in [0.2, 0.25) is 11.7 Å². The first-order valence-electron chi connectivity index (χ1n) is 6.65. The minimum atomic E-state index is -3.89. The van der Waals surface area contributed by atoms with Crippen LogP contribution < -0.4 is 4.72 Å². The molecule has 3 rings (SSSR count). The van der Waals surface area contributed by atoms with Crippen molar-refractivity contribution in [2.75, 3.05) is 4.72 Å². The van der Waals surface area contributed by atoms with E-state index in [2.05, 4.69) is 14.9 Å². The first-order valence-corrected chi connectivity index (χ1v) is 9.33. The molecule has 10 heteroatoms. The van der Waals surface area contributed by atoms with Crippen molar-refractivity contribution in [1.29, 1.82) is 0 Å². The molecular weight excluding hydrogens is 377 g/mol. The summed E-state index contributed by atoms with van der Waals surface area (Å²) < 4.78 is 45.5. The fourth-order valence-corrected chi connectivity index (χ4v) is 4.88. The topological polar surface area (TPSA) is 85.1 Å². The van der Waals surface area contributed by atoms with Crippen LogP contribution in [0.25, 0.3) is 10.7 Å². The van der Waals surface area contributed by atoms with Crippen molar-refractivity contribution in [2.45, 2.75) is 18.7 Å². The van der Waals surface area contributed by atoms with E-state index in [0.29, 0.717) is 21.5 Å². The molecule has 0 aliphatic carbocycles. The molecule has 2 aromatic heterocycles. The third-order valence-corrected chi connectivity index (χ3v) is 6.07. The standard InChI is InChI=1S/C14H11ClFN3O3S2/c1-7-13(6-12(23-7)14-17-8(2)22-18-14)24(20,21)19-11-4-3-9(16)5-10(11)15/h3-6,19H,1-2H3. The summed E-state index contributed by atoms with van der Waals surface area (Å²) in [7, 11) is -3.89. The lowest BCUT2D eigenvalue weighted by molar-refractivity contribution is 0.394. The van der Waals surface area contributed by atoms with Crippen molar-refractivity contribution in [2.24, 2.45) is 0 Å². The number of thiophene rings is 1. The Morgan fingerprint density at radius 1 is 1.29 bits per heavy atom. The van der Waals surface area contributed by atoms with Crippen molar-refractivity contribution >= 4 is 38.6 Å². The number of hydrogen-bond donors (Lipinski definition) is 1. The Morgan fingerprint density at radius 2 is 2.04 bits per heavy atom. The number of hydrogen-bond acceptors (Lipinski definition) is 6. The van der Waals surface area contributed by atoms with Crippen LogP contribution in [0.2, 0.25) is 5.02 Å². The van der Waals surface area contributed by atoms with Gasteiger partial charge in [-0.05, 0) is 31.2 Å². The molecule has 0 saturated heterocycles. The Bertz CT molecular complexity index is 1010.